The molecule has 59 heavy (non-hydrogen) atoms. The molecular formula is C49H92NO8P. The standard InChI is InChI=1S/C49H92NO8P/c1-3-5-7-9-11-13-15-17-19-20-21-22-23-24-25-26-28-29-31-33-35-37-39-41-48(51)55-45-47(46-57-59(53,54)56-44-43-50)58-49(52)42-40-38-36-34-32-30-27-18-16-14-12-10-8-6-4-2/h26,28,30,32-33,35,47H,3-25,27,29,31,34,36-46,50H2,1-2H3,(H,53,54)/b28-26+,32-30+,35-33+/t47-/m0/s1. The third-order valence-electron chi connectivity index (χ3n) is 10.5. The second-order valence-electron chi connectivity index (χ2n) is 16.3. The van der Waals surface area contributed by atoms with Gasteiger partial charge < -0.3 is 20.1 Å². The van der Waals surface area contributed by atoms with Crippen molar-refractivity contribution in [2.24, 2.45) is 5.73 Å². The molecule has 0 amide bonds. The fourth-order valence-electron chi connectivity index (χ4n) is 6.83. The third kappa shape index (κ3) is 45.6. The van der Waals surface area contributed by atoms with E-state index in [9.17, 15) is 19.0 Å². The van der Waals surface area contributed by atoms with E-state index in [1.54, 1.807) is 0 Å². The maximum absolute atomic E-state index is 12.6. The number of rotatable bonds is 46. The lowest BCUT2D eigenvalue weighted by atomic mass is 10.0. The van der Waals surface area contributed by atoms with Gasteiger partial charge in [0.2, 0.25) is 0 Å². The van der Waals surface area contributed by atoms with Crippen LogP contribution in [0.15, 0.2) is 36.5 Å². The molecule has 2 atom stereocenters. The van der Waals surface area contributed by atoms with Gasteiger partial charge in [0, 0.05) is 19.4 Å². The molecule has 1 unspecified atom stereocenters. The number of carbonyl (C=O) groups excluding carboxylic acids is 2. The molecule has 0 radical (unpaired) electrons. The minimum Gasteiger partial charge on any atom is -0.462 e. The summed E-state index contributed by atoms with van der Waals surface area (Å²) in [7, 11) is -4.39. The lowest BCUT2D eigenvalue weighted by molar-refractivity contribution is -0.161. The Morgan fingerprint density at radius 1 is 0.492 bits per heavy atom. The zero-order valence-electron chi connectivity index (χ0n) is 38.2. The van der Waals surface area contributed by atoms with Gasteiger partial charge in [-0.2, -0.15) is 0 Å². The minimum atomic E-state index is -4.39. The number of esters is 2. The Morgan fingerprint density at radius 3 is 1.31 bits per heavy atom. The van der Waals surface area contributed by atoms with Crippen molar-refractivity contribution in [1.82, 2.24) is 0 Å². The van der Waals surface area contributed by atoms with Crippen molar-refractivity contribution in [2.45, 2.75) is 238 Å². The van der Waals surface area contributed by atoms with Crippen LogP contribution in [0, 0.1) is 0 Å². The second kappa shape index (κ2) is 45.7. The number of phosphoric ester groups is 1. The molecular weight excluding hydrogens is 762 g/mol. The van der Waals surface area contributed by atoms with Gasteiger partial charge in [0.1, 0.15) is 6.61 Å². The van der Waals surface area contributed by atoms with Gasteiger partial charge in [-0.1, -0.05) is 185 Å². The Labute approximate surface area is 363 Å². The predicted molar refractivity (Wildman–Crippen MR) is 247 cm³/mol. The average molecular weight is 854 g/mol. The van der Waals surface area contributed by atoms with Gasteiger partial charge in [0.15, 0.2) is 6.10 Å². The van der Waals surface area contributed by atoms with E-state index in [2.05, 4.69) is 50.3 Å². The van der Waals surface area contributed by atoms with E-state index < -0.39 is 32.5 Å². The number of phosphoric acid groups is 1. The van der Waals surface area contributed by atoms with Crippen molar-refractivity contribution in [2.75, 3.05) is 26.4 Å². The molecule has 0 aromatic heterocycles. The summed E-state index contributed by atoms with van der Waals surface area (Å²) < 4.78 is 32.8. The molecule has 0 aromatic carbocycles. The minimum absolute atomic E-state index is 0.0464. The van der Waals surface area contributed by atoms with E-state index in [1.807, 2.05) is 0 Å². The number of hydrogen-bond acceptors (Lipinski definition) is 8. The first kappa shape index (κ1) is 57.2. The molecule has 3 N–H and O–H groups in total. The molecule has 0 aliphatic heterocycles. The molecule has 0 saturated heterocycles. The number of nitrogens with two attached hydrogens (primary N) is 1. The number of unbranched alkanes of at least 4 members (excludes halogenated alkanes) is 27. The molecule has 10 heteroatoms. The van der Waals surface area contributed by atoms with Crippen LogP contribution in [0.25, 0.3) is 0 Å². The van der Waals surface area contributed by atoms with Crippen LogP contribution in [0.4, 0.5) is 0 Å². The zero-order valence-corrected chi connectivity index (χ0v) is 39.1. The first-order valence-electron chi connectivity index (χ1n) is 24.5. The van der Waals surface area contributed by atoms with Crippen molar-refractivity contribution in [3.05, 3.63) is 36.5 Å². The van der Waals surface area contributed by atoms with Crippen LogP contribution >= 0.6 is 7.82 Å². The summed E-state index contributed by atoms with van der Waals surface area (Å²) in [6.45, 7) is 3.70. The molecule has 0 bridgehead atoms. The van der Waals surface area contributed by atoms with Crippen molar-refractivity contribution in [3.8, 4) is 0 Å². The lowest BCUT2D eigenvalue weighted by Gasteiger charge is -2.19. The molecule has 0 rings (SSSR count). The van der Waals surface area contributed by atoms with Gasteiger partial charge in [-0.3, -0.25) is 18.6 Å². The highest BCUT2D eigenvalue weighted by Crippen LogP contribution is 2.43. The summed E-state index contributed by atoms with van der Waals surface area (Å²) in [4.78, 5) is 34.9. The summed E-state index contributed by atoms with van der Waals surface area (Å²) in [5.74, 6) is -0.891. The molecule has 0 spiro atoms. The van der Waals surface area contributed by atoms with Crippen molar-refractivity contribution < 1.29 is 37.6 Å². The first-order valence-corrected chi connectivity index (χ1v) is 26.0. The SMILES string of the molecule is CCCCCCCCCC/C=C/CCCCCC(=O)O[C@@H](COC(=O)CCC/C=C/CC/C=C/CCCCCCCCCCCCCCCC)COP(=O)(O)OCCN. The van der Waals surface area contributed by atoms with E-state index in [4.69, 9.17) is 24.3 Å². The van der Waals surface area contributed by atoms with Crippen LogP contribution in [-0.4, -0.2) is 49.3 Å². The van der Waals surface area contributed by atoms with Crippen LogP contribution < -0.4 is 5.73 Å². The van der Waals surface area contributed by atoms with Gasteiger partial charge in [0.05, 0.1) is 13.2 Å². The number of hydrogen-bond donors (Lipinski definition) is 2. The summed E-state index contributed by atoms with van der Waals surface area (Å²) in [6.07, 6.45) is 52.0. The second-order valence-corrected chi connectivity index (χ2v) is 17.8. The molecule has 0 aromatic rings. The average Bonchev–Trinajstić information content (AvgIpc) is 3.22. The smallest absolute Gasteiger partial charge is 0.462 e. The van der Waals surface area contributed by atoms with Crippen LogP contribution in [0.5, 0.6) is 0 Å². The Bertz CT molecular complexity index is 1060. The highest BCUT2D eigenvalue weighted by Gasteiger charge is 2.26. The van der Waals surface area contributed by atoms with Crippen molar-refractivity contribution in [3.63, 3.8) is 0 Å². The van der Waals surface area contributed by atoms with Gasteiger partial charge in [-0.05, 0) is 70.6 Å². The number of carbonyl (C=O) groups is 2. The fourth-order valence-corrected chi connectivity index (χ4v) is 7.59. The molecule has 0 aliphatic carbocycles. The normalized spacial score (nSPS) is 13.5. The Morgan fingerprint density at radius 2 is 0.864 bits per heavy atom. The Balaban J connectivity index is 4.11. The monoisotopic (exact) mass is 854 g/mol. The predicted octanol–water partition coefficient (Wildman–Crippen LogP) is 14.5. The molecule has 0 heterocycles. The molecule has 0 fully saturated rings. The van der Waals surface area contributed by atoms with Gasteiger partial charge in [0.25, 0.3) is 0 Å². The van der Waals surface area contributed by atoms with E-state index in [-0.39, 0.29) is 32.6 Å². The van der Waals surface area contributed by atoms with Gasteiger partial charge >= 0.3 is 19.8 Å². The highest BCUT2D eigenvalue weighted by molar-refractivity contribution is 7.47. The number of ether oxygens (including phenoxy) is 2. The zero-order chi connectivity index (χ0) is 43.2. The summed E-state index contributed by atoms with van der Waals surface area (Å²) in [5, 5.41) is 0. The van der Waals surface area contributed by atoms with E-state index in [1.165, 1.54) is 141 Å². The van der Waals surface area contributed by atoms with E-state index in [0.29, 0.717) is 12.8 Å². The van der Waals surface area contributed by atoms with Gasteiger partial charge in [-0.25, -0.2) is 4.57 Å². The number of allylic oxidation sites excluding steroid dienone is 6. The highest BCUT2D eigenvalue weighted by atomic mass is 31.2. The van der Waals surface area contributed by atoms with Crippen molar-refractivity contribution >= 4 is 19.8 Å². The molecule has 346 valence electrons. The van der Waals surface area contributed by atoms with Crippen LogP contribution in [-0.2, 0) is 32.7 Å². The van der Waals surface area contributed by atoms with Crippen LogP contribution in [0.3, 0.4) is 0 Å². The van der Waals surface area contributed by atoms with Crippen molar-refractivity contribution in [1.29, 1.82) is 0 Å². The summed E-state index contributed by atoms with van der Waals surface area (Å²) in [5.41, 5.74) is 5.35. The van der Waals surface area contributed by atoms with E-state index >= 15 is 0 Å². The van der Waals surface area contributed by atoms with Crippen LogP contribution in [0.1, 0.15) is 232 Å². The fraction of sp³-hybridized carbons (Fsp3) is 0.837. The first-order chi connectivity index (χ1) is 28.8. The van der Waals surface area contributed by atoms with Crippen LogP contribution in [0.2, 0.25) is 0 Å². The molecule has 9 nitrogen and oxygen atoms in total. The largest absolute Gasteiger partial charge is 0.472 e. The van der Waals surface area contributed by atoms with E-state index in [0.717, 1.165) is 51.4 Å². The maximum atomic E-state index is 12.6. The lowest BCUT2D eigenvalue weighted by Crippen LogP contribution is -2.29. The Kier molecular flexibility index (Phi) is 44.4. The maximum Gasteiger partial charge on any atom is 0.472 e. The van der Waals surface area contributed by atoms with Gasteiger partial charge in [-0.15, -0.1) is 0 Å². The quantitative estimate of drug-likeness (QED) is 0.0265. The topological polar surface area (TPSA) is 134 Å². The summed E-state index contributed by atoms with van der Waals surface area (Å²) in [6, 6.07) is 0. The summed E-state index contributed by atoms with van der Waals surface area (Å²) >= 11 is 0. The molecule has 0 saturated carbocycles. The third-order valence-corrected chi connectivity index (χ3v) is 11.5. The Hall–Kier alpha value is -1.77. The molecule has 0 aliphatic rings.